The van der Waals surface area contributed by atoms with E-state index in [1.54, 1.807) is 0 Å². The van der Waals surface area contributed by atoms with Gasteiger partial charge in [-0.3, -0.25) is 0 Å². The van der Waals surface area contributed by atoms with Crippen LogP contribution in [0.3, 0.4) is 0 Å². The van der Waals surface area contributed by atoms with Crippen LogP contribution in [-0.2, 0) is 5.54 Å². The van der Waals surface area contributed by atoms with E-state index in [0.29, 0.717) is 0 Å². The summed E-state index contributed by atoms with van der Waals surface area (Å²) in [6.07, 6.45) is 4.53. The summed E-state index contributed by atoms with van der Waals surface area (Å²) in [5.74, 6) is 1.01. The van der Waals surface area contributed by atoms with Crippen LogP contribution in [0, 0.1) is 6.92 Å². The van der Waals surface area contributed by atoms with Crippen LogP contribution in [0.25, 0.3) is 11.0 Å². The summed E-state index contributed by atoms with van der Waals surface area (Å²) < 4.78 is 5.96. The minimum Gasteiger partial charge on any atom is -0.459 e. The van der Waals surface area contributed by atoms with E-state index in [-0.39, 0.29) is 5.54 Å². The molecule has 3 rings (SSSR count). The lowest BCUT2D eigenvalue weighted by atomic mass is 9.92. The van der Waals surface area contributed by atoms with E-state index >= 15 is 0 Å². The molecule has 84 valence electrons. The van der Waals surface area contributed by atoms with Gasteiger partial charge in [0.15, 0.2) is 0 Å². The maximum absolute atomic E-state index is 6.45. The first kappa shape index (κ1) is 9.91. The Morgan fingerprint density at radius 2 is 1.88 bits per heavy atom. The molecule has 0 radical (unpaired) electrons. The van der Waals surface area contributed by atoms with Crippen LogP contribution >= 0.6 is 0 Å². The molecule has 0 amide bonds. The summed E-state index contributed by atoms with van der Waals surface area (Å²) in [4.78, 5) is 0. The van der Waals surface area contributed by atoms with E-state index in [2.05, 4.69) is 13.0 Å². The van der Waals surface area contributed by atoms with Crippen molar-refractivity contribution in [2.45, 2.75) is 38.1 Å². The van der Waals surface area contributed by atoms with Crippen molar-refractivity contribution < 1.29 is 4.42 Å². The second kappa shape index (κ2) is 3.36. The molecule has 0 aliphatic heterocycles. The molecular weight excluding hydrogens is 198 g/mol. The summed E-state index contributed by atoms with van der Waals surface area (Å²) >= 11 is 0. The van der Waals surface area contributed by atoms with Gasteiger partial charge in [-0.15, -0.1) is 0 Å². The largest absolute Gasteiger partial charge is 0.459 e. The molecule has 1 saturated carbocycles. The van der Waals surface area contributed by atoms with Gasteiger partial charge in [0.2, 0.25) is 0 Å². The first-order valence-corrected chi connectivity index (χ1v) is 5.98. The van der Waals surface area contributed by atoms with E-state index in [0.717, 1.165) is 24.2 Å². The molecule has 1 fully saturated rings. The number of aryl methyl sites for hydroxylation is 1. The highest BCUT2D eigenvalue weighted by atomic mass is 16.3. The highest BCUT2D eigenvalue weighted by Gasteiger charge is 2.36. The van der Waals surface area contributed by atoms with E-state index in [1.165, 1.54) is 23.8 Å². The molecule has 2 nitrogen and oxygen atoms in total. The normalized spacial score (nSPS) is 19.4. The first-order chi connectivity index (χ1) is 7.71. The minimum atomic E-state index is -0.219. The van der Waals surface area contributed by atoms with E-state index in [4.69, 9.17) is 10.2 Å². The van der Waals surface area contributed by atoms with Gasteiger partial charge in [-0.1, -0.05) is 31.0 Å². The maximum Gasteiger partial charge on any atom is 0.134 e. The van der Waals surface area contributed by atoms with Crippen LogP contribution in [-0.4, -0.2) is 0 Å². The van der Waals surface area contributed by atoms with Crippen molar-refractivity contribution >= 4 is 11.0 Å². The molecule has 1 aromatic carbocycles. The van der Waals surface area contributed by atoms with Crippen molar-refractivity contribution in [2.24, 2.45) is 5.73 Å². The lowest BCUT2D eigenvalue weighted by Crippen LogP contribution is -2.33. The average molecular weight is 215 g/mol. The monoisotopic (exact) mass is 215 g/mol. The van der Waals surface area contributed by atoms with Crippen molar-refractivity contribution in [1.82, 2.24) is 0 Å². The van der Waals surface area contributed by atoms with E-state index in [1.807, 2.05) is 18.2 Å². The third kappa shape index (κ3) is 1.30. The minimum absolute atomic E-state index is 0.219. The quantitative estimate of drug-likeness (QED) is 0.791. The smallest absolute Gasteiger partial charge is 0.134 e. The van der Waals surface area contributed by atoms with Gasteiger partial charge >= 0.3 is 0 Å². The Kier molecular flexibility index (Phi) is 2.08. The van der Waals surface area contributed by atoms with E-state index in [9.17, 15) is 0 Å². The predicted molar refractivity (Wildman–Crippen MR) is 65.3 cm³/mol. The Bertz CT molecular complexity index is 521. The fourth-order valence-electron chi connectivity index (χ4n) is 2.88. The number of nitrogens with two attached hydrogens (primary N) is 1. The summed E-state index contributed by atoms with van der Waals surface area (Å²) in [6, 6.07) is 8.18. The molecule has 16 heavy (non-hydrogen) atoms. The Balaban J connectivity index is 2.20. The molecule has 0 atom stereocenters. The first-order valence-electron chi connectivity index (χ1n) is 5.98. The number of furan rings is 1. The third-order valence-electron chi connectivity index (χ3n) is 3.79. The zero-order valence-corrected chi connectivity index (χ0v) is 9.62. The SMILES string of the molecule is Cc1c(C2(N)CCCC2)oc2ccccc12. The third-order valence-corrected chi connectivity index (χ3v) is 3.79. The number of hydrogen-bond donors (Lipinski definition) is 1. The van der Waals surface area contributed by atoms with Crippen molar-refractivity contribution in [1.29, 1.82) is 0 Å². The number of fused-ring (bicyclic) bond motifs is 1. The topological polar surface area (TPSA) is 39.2 Å². The molecular formula is C14H17NO. The zero-order chi connectivity index (χ0) is 11.2. The van der Waals surface area contributed by atoms with Crippen LogP contribution in [0.1, 0.15) is 37.0 Å². The van der Waals surface area contributed by atoms with Crippen molar-refractivity contribution in [3.8, 4) is 0 Å². The Morgan fingerprint density at radius 1 is 1.19 bits per heavy atom. The van der Waals surface area contributed by atoms with Gasteiger partial charge < -0.3 is 10.2 Å². The number of rotatable bonds is 1. The van der Waals surface area contributed by atoms with Crippen molar-refractivity contribution in [3.05, 3.63) is 35.6 Å². The second-order valence-electron chi connectivity index (χ2n) is 4.92. The average Bonchev–Trinajstić information content (AvgIpc) is 2.86. The standard InChI is InChI=1S/C14H17NO/c1-10-11-6-2-3-7-12(11)16-13(10)14(15)8-4-5-9-14/h2-3,6-7H,4-5,8-9,15H2,1H3. The highest BCUT2D eigenvalue weighted by Crippen LogP contribution is 2.41. The summed E-state index contributed by atoms with van der Waals surface area (Å²) in [6.45, 7) is 2.12. The van der Waals surface area contributed by atoms with Crippen LogP contribution in [0.15, 0.2) is 28.7 Å². The highest BCUT2D eigenvalue weighted by molar-refractivity contribution is 5.82. The fourth-order valence-corrected chi connectivity index (χ4v) is 2.88. The van der Waals surface area contributed by atoms with E-state index < -0.39 is 0 Å². The van der Waals surface area contributed by atoms with Crippen molar-refractivity contribution in [2.75, 3.05) is 0 Å². The van der Waals surface area contributed by atoms with Gasteiger partial charge in [0.05, 0.1) is 5.54 Å². The Hall–Kier alpha value is -1.28. The number of benzene rings is 1. The lowest BCUT2D eigenvalue weighted by molar-refractivity contribution is 0.360. The Labute approximate surface area is 95.4 Å². The number of para-hydroxylation sites is 1. The fraction of sp³-hybridized carbons (Fsp3) is 0.429. The molecule has 1 aliphatic rings. The molecule has 0 saturated heterocycles. The van der Waals surface area contributed by atoms with Crippen LogP contribution < -0.4 is 5.73 Å². The lowest BCUT2D eigenvalue weighted by Gasteiger charge is -2.21. The second-order valence-corrected chi connectivity index (χ2v) is 4.92. The molecule has 2 heteroatoms. The molecule has 1 heterocycles. The molecule has 0 spiro atoms. The summed E-state index contributed by atoms with van der Waals surface area (Å²) in [5.41, 5.74) is 8.42. The summed E-state index contributed by atoms with van der Waals surface area (Å²) in [5, 5.41) is 1.20. The van der Waals surface area contributed by atoms with Gasteiger partial charge in [0.1, 0.15) is 11.3 Å². The molecule has 1 aliphatic carbocycles. The van der Waals surface area contributed by atoms with Gasteiger partial charge in [0.25, 0.3) is 0 Å². The molecule has 2 aromatic rings. The molecule has 1 aromatic heterocycles. The van der Waals surface area contributed by atoms with Gasteiger partial charge in [-0.25, -0.2) is 0 Å². The van der Waals surface area contributed by atoms with Crippen LogP contribution in [0.5, 0.6) is 0 Å². The summed E-state index contributed by atoms with van der Waals surface area (Å²) in [7, 11) is 0. The van der Waals surface area contributed by atoms with Gasteiger partial charge in [-0.2, -0.15) is 0 Å². The molecule has 0 bridgehead atoms. The predicted octanol–water partition coefficient (Wildman–Crippen LogP) is 3.47. The molecule has 0 unspecified atom stereocenters. The van der Waals surface area contributed by atoms with Crippen molar-refractivity contribution in [3.63, 3.8) is 0 Å². The zero-order valence-electron chi connectivity index (χ0n) is 9.62. The number of hydrogen-bond acceptors (Lipinski definition) is 2. The molecule has 2 N–H and O–H groups in total. The van der Waals surface area contributed by atoms with Crippen LogP contribution in [0.2, 0.25) is 0 Å². The van der Waals surface area contributed by atoms with Gasteiger partial charge in [0, 0.05) is 10.9 Å². The van der Waals surface area contributed by atoms with Gasteiger partial charge in [-0.05, 0) is 25.8 Å². The Morgan fingerprint density at radius 3 is 2.56 bits per heavy atom. The maximum atomic E-state index is 6.45. The van der Waals surface area contributed by atoms with Crippen LogP contribution in [0.4, 0.5) is 0 Å².